The fourth-order valence-corrected chi connectivity index (χ4v) is 3.00. The molecule has 120 valence electrons. The second-order valence-electron chi connectivity index (χ2n) is 6.54. The Labute approximate surface area is 130 Å². The molecule has 0 saturated carbocycles. The molecule has 0 spiro atoms. The van der Waals surface area contributed by atoms with Gasteiger partial charge >= 0.3 is 0 Å². The minimum absolute atomic E-state index is 0.100. The highest BCUT2D eigenvalue weighted by Crippen LogP contribution is 2.29. The van der Waals surface area contributed by atoms with Gasteiger partial charge in [0.2, 0.25) is 0 Å². The van der Waals surface area contributed by atoms with Gasteiger partial charge in [0.15, 0.2) is 0 Å². The van der Waals surface area contributed by atoms with Gasteiger partial charge in [0.25, 0.3) is 11.6 Å². The van der Waals surface area contributed by atoms with Gasteiger partial charge in [-0.15, -0.1) is 0 Å². The van der Waals surface area contributed by atoms with Crippen LogP contribution >= 0.6 is 0 Å². The Kier molecular flexibility index (Phi) is 4.81. The maximum atomic E-state index is 12.4. The van der Waals surface area contributed by atoms with E-state index in [1.54, 1.807) is 19.1 Å². The summed E-state index contributed by atoms with van der Waals surface area (Å²) in [6, 6.07) is 4.85. The third-order valence-electron chi connectivity index (χ3n) is 4.47. The summed E-state index contributed by atoms with van der Waals surface area (Å²) < 4.78 is 0. The fourth-order valence-electron chi connectivity index (χ4n) is 3.00. The molecule has 22 heavy (non-hydrogen) atoms. The average Bonchev–Trinajstić information content (AvgIpc) is 2.45. The number of carbonyl (C=O) groups is 1. The van der Waals surface area contributed by atoms with Crippen molar-refractivity contribution in [2.45, 2.75) is 39.7 Å². The summed E-state index contributed by atoms with van der Waals surface area (Å²) in [5.41, 5.74) is 0.723. The Balaban J connectivity index is 2.12. The summed E-state index contributed by atoms with van der Waals surface area (Å²) in [7, 11) is 0. The van der Waals surface area contributed by atoms with Crippen LogP contribution in [0.5, 0.6) is 0 Å². The topological polar surface area (TPSA) is 84.3 Å². The molecular formula is C16H23N3O3. The first kappa shape index (κ1) is 16.4. The number of benzene rings is 1. The largest absolute Gasteiger partial charge is 0.350 e. The minimum atomic E-state index is -0.509. The molecule has 1 aliphatic heterocycles. The molecule has 6 heteroatoms. The van der Waals surface area contributed by atoms with Crippen molar-refractivity contribution in [2.24, 2.45) is 5.41 Å². The molecule has 1 fully saturated rings. The van der Waals surface area contributed by atoms with Crippen LogP contribution in [-0.2, 0) is 0 Å². The zero-order chi connectivity index (χ0) is 16.3. The fraction of sp³-hybridized carbons (Fsp3) is 0.562. The lowest BCUT2D eigenvalue weighted by Gasteiger charge is -2.39. The van der Waals surface area contributed by atoms with Gasteiger partial charge in [-0.2, -0.15) is 0 Å². The van der Waals surface area contributed by atoms with E-state index in [9.17, 15) is 14.9 Å². The summed E-state index contributed by atoms with van der Waals surface area (Å²) >= 11 is 0. The van der Waals surface area contributed by atoms with Crippen molar-refractivity contribution in [3.05, 3.63) is 39.4 Å². The van der Waals surface area contributed by atoms with E-state index >= 15 is 0 Å². The Morgan fingerprint density at radius 1 is 1.50 bits per heavy atom. The number of rotatable bonds is 4. The van der Waals surface area contributed by atoms with Crippen LogP contribution in [0.4, 0.5) is 5.69 Å². The number of nitro groups is 1. The smallest absolute Gasteiger partial charge is 0.282 e. The predicted molar refractivity (Wildman–Crippen MR) is 85.0 cm³/mol. The lowest BCUT2D eigenvalue weighted by Crippen LogP contribution is -2.52. The van der Waals surface area contributed by atoms with E-state index in [4.69, 9.17) is 0 Å². The minimum Gasteiger partial charge on any atom is -0.350 e. The van der Waals surface area contributed by atoms with Gasteiger partial charge in [0, 0.05) is 18.7 Å². The van der Waals surface area contributed by atoms with Crippen molar-refractivity contribution in [2.75, 3.05) is 13.1 Å². The van der Waals surface area contributed by atoms with Crippen molar-refractivity contribution in [1.29, 1.82) is 0 Å². The molecule has 1 aromatic carbocycles. The quantitative estimate of drug-likeness (QED) is 0.661. The van der Waals surface area contributed by atoms with Gasteiger partial charge in [-0.1, -0.05) is 26.0 Å². The first-order chi connectivity index (χ1) is 10.3. The zero-order valence-electron chi connectivity index (χ0n) is 13.3. The molecule has 2 rings (SSSR count). The van der Waals surface area contributed by atoms with Gasteiger partial charge in [-0.05, 0) is 37.3 Å². The number of amides is 1. The lowest BCUT2D eigenvalue weighted by atomic mass is 9.77. The maximum absolute atomic E-state index is 12.4. The molecule has 6 nitrogen and oxygen atoms in total. The number of aryl methyl sites for hydroxylation is 1. The van der Waals surface area contributed by atoms with Crippen molar-refractivity contribution in [3.8, 4) is 0 Å². The van der Waals surface area contributed by atoms with E-state index < -0.39 is 4.92 Å². The van der Waals surface area contributed by atoms with Gasteiger partial charge in [0.05, 0.1) is 4.92 Å². The van der Waals surface area contributed by atoms with E-state index in [0.717, 1.165) is 19.4 Å². The SMILES string of the molecule is Cc1cccc([N+](=O)[O-])c1C(=O)NCC1NCCCC1(C)C. The summed E-state index contributed by atoms with van der Waals surface area (Å²) in [6.07, 6.45) is 2.23. The number of hydrogen-bond acceptors (Lipinski definition) is 4. The van der Waals surface area contributed by atoms with E-state index in [2.05, 4.69) is 24.5 Å². The molecule has 1 amide bonds. The number of nitrogens with zero attached hydrogens (tertiary/aromatic N) is 1. The van der Waals surface area contributed by atoms with E-state index in [0.29, 0.717) is 12.1 Å². The third-order valence-corrected chi connectivity index (χ3v) is 4.47. The number of nitro benzene ring substituents is 1. The Bertz CT molecular complexity index is 584. The molecule has 1 heterocycles. The van der Waals surface area contributed by atoms with Crippen LogP contribution in [0.3, 0.4) is 0 Å². The first-order valence-electron chi connectivity index (χ1n) is 7.58. The number of nitrogens with one attached hydrogen (secondary N) is 2. The highest BCUT2D eigenvalue weighted by atomic mass is 16.6. The van der Waals surface area contributed by atoms with Crippen LogP contribution in [0.2, 0.25) is 0 Å². The normalized spacial score (nSPS) is 20.4. The maximum Gasteiger partial charge on any atom is 0.282 e. The van der Waals surface area contributed by atoms with Crippen LogP contribution in [0.1, 0.15) is 42.6 Å². The summed E-state index contributed by atoms with van der Waals surface area (Å²) in [6.45, 7) is 7.47. The van der Waals surface area contributed by atoms with Gasteiger partial charge in [0.1, 0.15) is 5.56 Å². The summed E-state index contributed by atoms with van der Waals surface area (Å²) in [4.78, 5) is 23.0. The molecule has 0 bridgehead atoms. The Morgan fingerprint density at radius 2 is 2.23 bits per heavy atom. The van der Waals surface area contributed by atoms with Gasteiger partial charge in [-0.25, -0.2) is 0 Å². The number of hydrogen-bond donors (Lipinski definition) is 2. The average molecular weight is 305 g/mol. The van der Waals surface area contributed by atoms with Crippen LogP contribution in [0.15, 0.2) is 18.2 Å². The molecule has 0 radical (unpaired) electrons. The van der Waals surface area contributed by atoms with Crippen LogP contribution in [0.25, 0.3) is 0 Å². The molecule has 2 N–H and O–H groups in total. The number of piperidine rings is 1. The lowest BCUT2D eigenvalue weighted by molar-refractivity contribution is -0.385. The molecule has 0 aromatic heterocycles. The molecule has 0 aliphatic carbocycles. The molecule has 1 saturated heterocycles. The zero-order valence-corrected chi connectivity index (χ0v) is 13.3. The van der Waals surface area contributed by atoms with Crippen LogP contribution < -0.4 is 10.6 Å². The van der Waals surface area contributed by atoms with E-state index in [-0.39, 0.29) is 28.6 Å². The summed E-state index contributed by atoms with van der Waals surface area (Å²) in [5.74, 6) is -0.382. The van der Waals surface area contributed by atoms with Crippen molar-refractivity contribution in [3.63, 3.8) is 0 Å². The summed E-state index contributed by atoms with van der Waals surface area (Å²) in [5, 5.41) is 17.4. The highest BCUT2D eigenvalue weighted by molar-refractivity contribution is 5.99. The molecule has 1 atom stereocenters. The second-order valence-corrected chi connectivity index (χ2v) is 6.54. The van der Waals surface area contributed by atoms with Crippen molar-refractivity contribution in [1.82, 2.24) is 10.6 Å². The third kappa shape index (κ3) is 3.44. The molecule has 1 aliphatic rings. The second kappa shape index (κ2) is 6.44. The monoisotopic (exact) mass is 305 g/mol. The van der Waals surface area contributed by atoms with Crippen molar-refractivity contribution < 1.29 is 9.72 Å². The molecular weight excluding hydrogens is 282 g/mol. The molecule has 1 aromatic rings. The Morgan fingerprint density at radius 3 is 2.86 bits per heavy atom. The van der Waals surface area contributed by atoms with E-state index in [1.807, 2.05) is 0 Å². The van der Waals surface area contributed by atoms with Crippen LogP contribution in [-0.4, -0.2) is 30.0 Å². The Hall–Kier alpha value is -1.95. The van der Waals surface area contributed by atoms with E-state index in [1.165, 1.54) is 6.07 Å². The first-order valence-corrected chi connectivity index (χ1v) is 7.58. The predicted octanol–water partition coefficient (Wildman–Crippen LogP) is 2.41. The highest BCUT2D eigenvalue weighted by Gasteiger charge is 2.32. The van der Waals surface area contributed by atoms with Crippen LogP contribution in [0, 0.1) is 22.5 Å². The van der Waals surface area contributed by atoms with Gasteiger partial charge < -0.3 is 10.6 Å². The van der Waals surface area contributed by atoms with Crippen molar-refractivity contribution >= 4 is 11.6 Å². The molecule has 1 unspecified atom stereocenters. The number of carbonyl (C=O) groups excluding carboxylic acids is 1. The standard InChI is InChI=1S/C16H23N3O3/c1-11-6-4-7-12(19(21)22)14(11)15(20)18-10-13-16(2,3)8-5-9-17-13/h4,6-7,13,17H,5,8-10H2,1-3H3,(H,18,20). The van der Waals surface area contributed by atoms with Gasteiger partial charge in [-0.3, -0.25) is 14.9 Å².